The van der Waals surface area contributed by atoms with Crippen molar-refractivity contribution in [1.29, 1.82) is 0 Å². The number of carbonyl (C=O) groups is 1. The minimum Gasteiger partial charge on any atom is -0.394 e. The maximum absolute atomic E-state index is 13.4. The number of allylic oxidation sites excluding steroid dienone is 7. The zero-order chi connectivity index (χ0) is 68.2. The molecular formula is C75H137NO18. The Balaban J connectivity index is 1.26. The van der Waals surface area contributed by atoms with Gasteiger partial charge in [-0.25, -0.2) is 0 Å². The van der Waals surface area contributed by atoms with Gasteiger partial charge in [0.15, 0.2) is 18.9 Å². The van der Waals surface area contributed by atoms with Gasteiger partial charge in [-0.15, -0.1) is 0 Å². The van der Waals surface area contributed by atoms with Gasteiger partial charge in [0.2, 0.25) is 5.91 Å². The van der Waals surface area contributed by atoms with Crippen molar-refractivity contribution in [3.05, 3.63) is 48.6 Å². The van der Waals surface area contributed by atoms with Crippen LogP contribution in [-0.4, -0.2) is 193 Å². The third-order valence-corrected chi connectivity index (χ3v) is 18.9. The smallest absolute Gasteiger partial charge is 0.220 e. The van der Waals surface area contributed by atoms with E-state index < -0.39 is 124 Å². The largest absolute Gasteiger partial charge is 0.394 e. The second kappa shape index (κ2) is 56.5. The van der Waals surface area contributed by atoms with E-state index in [9.17, 15) is 61.0 Å². The fraction of sp³-hybridized carbons (Fsp3) is 0.880. The van der Waals surface area contributed by atoms with E-state index in [2.05, 4.69) is 55.6 Å². The first-order valence-corrected chi connectivity index (χ1v) is 37.9. The van der Waals surface area contributed by atoms with Crippen molar-refractivity contribution in [2.75, 3.05) is 26.4 Å². The summed E-state index contributed by atoms with van der Waals surface area (Å²) >= 11 is 0. The molecule has 0 bridgehead atoms. The van der Waals surface area contributed by atoms with Crippen molar-refractivity contribution in [3.63, 3.8) is 0 Å². The summed E-state index contributed by atoms with van der Waals surface area (Å²) < 4.78 is 34.3. The van der Waals surface area contributed by atoms with Gasteiger partial charge in [-0.05, 0) is 57.8 Å². The van der Waals surface area contributed by atoms with Gasteiger partial charge in [0, 0.05) is 6.42 Å². The van der Waals surface area contributed by atoms with Crippen LogP contribution in [0.5, 0.6) is 0 Å². The number of rotatable bonds is 59. The van der Waals surface area contributed by atoms with Crippen molar-refractivity contribution >= 4 is 5.91 Å². The lowest BCUT2D eigenvalue weighted by Gasteiger charge is -2.48. The van der Waals surface area contributed by atoms with E-state index in [1.54, 1.807) is 6.08 Å². The summed E-state index contributed by atoms with van der Waals surface area (Å²) in [5.41, 5.74) is 0. The molecule has 3 heterocycles. The zero-order valence-electron chi connectivity index (χ0n) is 58.4. The second-order valence-electron chi connectivity index (χ2n) is 27.1. The minimum atomic E-state index is -1.98. The first kappa shape index (κ1) is 86.0. The van der Waals surface area contributed by atoms with E-state index in [0.717, 1.165) is 57.8 Å². The summed E-state index contributed by atoms with van der Waals surface area (Å²) in [5, 5.41) is 120. The summed E-state index contributed by atoms with van der Waals surface area (Å²) in [6.45, 7) is 1.70. The molecule has 3 aliphatic rings. The number of ether oxygens (including phenoxy) is 6. The maximum atomic E-state index is 13.4. The summed E-state index contributed by atoms with van der Waals surface area (Å²) in [6, 6.07) is -0.970. The van der Waals surface area contributed by atoms with Crippen LogP contribution >= 0.6 is 0 Å². The molecule has 0 aromatic carbocycles. The van der Waals surface area contributed by atoms with Gasteiger partial charge in [0.05, 0.1) is 38.6 Å². The van der Waals surface area contributed by atoms with Crippen molar-refractivity contribution < 1.29 is 89.4 Å². The van der Waals surface area contributed by atoms with Crippen LogP contribution in [0.25, 0.3) is 0 Å². The molecule has 0 aliphatic carbocycles. The van der Waals surface area contributed by atoms with Gasteiger partial charge in [0.1, 0.15) is 73.2 Å². The number of nitrogens with one attached hydrogen (secondary N) is 1. The molecule has 0 saturated carbocycles. The highest BCUT2D eigenvalue weighted by molar-refractivity contribution is 5.76. The van der Waals surface area contributed by atoms with Gasteiger partial charge in [-0.1, -0.05) is 274 Å². The lowest BCUT2D eigenvalue weighted by atomic mass is 9.96. The molecule has 12 N–H and O–H groups in total. The topological polar surface area (TPSA) is 307 Å². The van der Waals surface area contributed by atoms with E-state index in [-0.39, 0.29) is 18.9 Å². The monoisotopic (exact) mass is 1340 g/mol. The number of hydrogen-bond acceptors (Lipinski definition) is 18. The minimum absolute atomic E-state index is 0.246. The Hall–Kier alpha value is -2.25. The van der Waals surface area contributed by atoms with Gasteiger partial charge >= 0.3 is 0 Å². The van der Waals surface area contributed by atoms with Crippen LogP contribution < -0.4 is 5.32 Å². The van der Waals surface area contributed by atoms with Gasteiger partial charge in [0.25, 0.3) is 0 Å². The average molecular weight is 1340 g/mol. The third kappa shape index (κ3) is 37.3. The number of aliphatic hydroxyl groups is 11. The number of hydrogen-bond donors (Lipinski definition) is 12. The van der Waals surface area contributed by atoms with Crippen LogP contribution in [0.4, 0.5) is 0 Å². The van der Waals surface area contributed by atoms with Gasteiger partial charge in [-0.2, -0.15) is 0 Å². The summed E-state index contributed by atoms with van der Waals surface area (Å²) in [7, 11) is 0. The molecule has 0 spiro atoms. The molecule has 0 radical (unpaired) electrons. The highest BCUT2D eigenvalue weighted by Crippen LogP contribution is 2.33. The molecule has 3 saturated heterocycles. The highest BCUT2D eigenvalue weighted by atomic mass is 16.8. The Labute approximate surface area is 567 Å². The molecule has 19 heteroatoms. The molecule has 94 heavy (non-hydrogen) atoms. The van der Waals surface area contributed by atoms with E-state index in [0.29, 0.717) is 6.42 Å². The van der Waals surface area contributed by atoms with Crippen molar-refractivity contribution in [2.24, 2.45) is 0 Å². The fourth-order valence-electron chi connectivity index (χ4n) is 12.7. The first-order chi connectivity index (χ1) is 45.8. The lowest BCUT2D eigenvalue weighted by Crippen LogP contribution is -2.66. The molecule has 3 fully saturated rings. The zero-order valence-corrected chi connectivity index (χ0v) is 58.4. The number of amides is 1. The van der Waals surface area contributed by atoms with E-state index in [1.807, 2.05) is 6.08 Å². The van der Waals surface area contributed by atoms with Gasteiger partial charge in [-0.3, -0.25) is 4.79 Å². The molecule has 0 aromatic rings. The van der Waals surface area contributed by atoms with Crippen LogP contribution in [0.2, 0.25) is 0 Å². The Bertz CT molecular complexity index is 1890. The van der Waals surface area contributed by atoms with Gasteiger partial charge < -0.3 is 89.9 Å². The average Bonchev–Trinajstić information content (AvgIpc) is 0.788. The molecule has 3 aliphatic heterocycles. The van der Waals surface area contributed by atoms with Crippen LogP contribution in [0, 0.1) is 0 Å². The highest BCUT2D eigenvalue weighted by Gasteiger charge is 2.53. The Morgan fingerprint density at radius 3 is 1.10 bits per heavy atom. The summed E-state index contributed by atoms with van der Waals surface area (Å²) in [5.74, 6) is -0.274. The Morgan fingerprint density at radius 1 is 0.383 bits per heavy atom. The van der Waals surface area contributed by atoms with E-state index in [1.165, 1.54) is 205 Å². The quantitative estimate of drug-likeness (QED) is 0.0199. The predicted molar refractivity (Wildman–Crippen MR) is 369 cm³/mol. The third-order valence-electron chi connectivity index (χ3n) is 18.9. The standard InChI is InChI=1S/C75H137NO18/c1-3-5-7-9-11-13-15-16-17-18-19-20-21-22-23-24-25-26-27-28-29-30-31-32-33-34-35-36-37-38-39-40-41-42-43-45-47-49-51-53-63(81)76-58(59(80)52-50-48-46-44-14-12-10-8-6-4-2)57-89-73-69(87)66(84)71(61(55-78)91-73)94-75-70(88)67(85)72(62(56-79)92-75)93-74-68(86)65(83)64(82)60(54-77)90-74/h15-16,18-19,21-22,50,52,58-62,64-75,77-80,82-88H,3-14,17,20,23-49,51,53-57H2,1-2H3,(H,76,81)/b16-15-,19-18-,22-21-,52-50+. The maximum Gasteiger partial charge on any atom is 0.220 e. The van der Waals surface area contributed by atoms with Crippen LogP contribution in [0.3, 0.4) is 0 Å². The Kier molecular flexibility index (Phi) is 51.7. The number of unbranched alkanes of at least 4 members (excludes halogenated alkanes) is 37. The van der Waals surface area contributed by atoms with Crippen molar-refractivity contribution in [1.82, 2.24) is 5.32 Å². The second-order valence-corrected chi connectivity index (χ2v) is 27.1. The molecule has 3 rings (SSSR count). The number of aliphatic hydroxyl groups excluding tert-OH is 11. The van der Waals surface area contributed by atoms with Crippen molar-refractivity contribution in [3.8, 4) is 0 Å². The molecule has 17 unspecified atom stereocenters. The summed E-state index contributed by atoms with van der Waals surface area (Å²) in [6.07, 6.45) is 42.9. The predicted octanol–water partition coefficient (Wildman–Crippen LogP) is 11.3. The van der Waals surface area contributed by atoms with Crippen LogP contribution in [0.15, 0.2) is 48.6 Å². The fourth-order valence-corrected chi connectivity index (χ4v) is 12.7. The molecule has 19 nitrogen and oxygen atoms in total. The first-order valence-electron chi connectivity index (χ1n) is 37.9. The molecular weight excluding hydrogens is 1200 g/mol. The molecule has 0 aromatic heterocycles. The SMILES string of the molecule is CCCCCCC/C=C\C/C=C\C/C=C\CCCCCCCCCCCCCCCCCCCCCCCCCCC(=O)NC(COC1OC(CO)C(OC2OC(CO)C(OC3OC(CO)C(O)C(O)C3O)C(O)C2O)C(O)C1O)C(O)/C=C/CCCCCCCCCC. The number of carbonyl (C=O) groups excluding carboxylic acids is 1. The van der Waals surface area contributed by atoms with E-state index in [4.69, 9.17) is 28.4 Å². The normalized spacial score (nSPS) is 27.6. The van der Waals surface area contributed by atoms with Crippen molar-refractivity contribution in [2.45, 2.75) is 394 Å². The van der Waals surface area contributed by atoms with E-state index >= 15 is 0 Å². The van der Waals surface area contributed by atoms with Crippen LogP contribution in [-0.2, 0) is 33.2 Å². The Morgan fingerprint density at radius 2 is 0.702 bits per heavy atom. The van der Waals surface area contributed by atoms with Crippen LogP contribution in [0.1, 0.15) is 290 Å². The summed E-state index contributed by atoms with van der Waals surface area (Å²) in [4.78, 5) is 13.4. The molecule has 550 valence electrons. The molecule has 17 atom stereocenters. The lowest BCUT2D eigenvalue weighted by molar-refractivity contribution is -0.379. The molecule has 1 amide bonds.